The highest BCUT2D eigenvalue weighted by molar-refractivity contribution is 5.91. The number of carbonyl (C=O) groups excluding carboxylic acids is 1. The van der Waals surface area contributed by atoms with Crippen molar-refractivity contribution in [2.24, 2.45) is 0 Å². The summed E-state index contributed by atoms with van der Waals surface area (Å²) in [6, 6.07) is 8.04. The average molecular weight is 340 g/mol. The number of nitrogens with one attached hydrogen (secondary N) is 1. The average Bonchev–Trinajstić information content (AvgIpc) is 3.37. The van der Waals surface area contributed by atoms with E-state index in [1.54, 1.807) is 10.9 Å². The van der Waals surface area contributed by atoms with Crippen LogP contribution in [0.4, 0.5) is 10.5 Å². The molecule has 1 aromatic heterocycles. The summed E-state index contributed by atoms with van der Waals surface area (Å²) in [5.41, 5.74) is 2.80. The summed E-state index contributed by atoms with van der Waals surface area (Å²) in [5.74, 6) is 0. The Kier molecular flexibility index (Phi) is 4.44. The third-order valence-electron chi connectivity index (χ3n) is 5.19. The van der Waals surface area contributed by atoms with Gasteiger partial charge in [-0.25, -0.2) is 9.48 Å². The summed E-state index contributed by atoms with van der Waals surface area (Å²) in [5, 5.41) is 7.35. The molecule has 3 heterocycles. The smallest absolute Gasteiger partial charge is 0.322 e. The third kappa shape index (κ3) is 3.26. The van der Waals surface area contributed by atoms with Gasteiger partial charge in [0, 0.05) is 31.2 Å². The van der Waals surface area contributed by atoms with Crippen LogP contribution < -0.4 is 5.32 Å². The predicted octanol–water partition coefficient (Wildman–Crippen LogP) is 3.36. The first kappa shape index (κ1) is 16.1. The normalized spacial score (nSPS) is 23.2. The molecule has 25 heavy (non-hydrogen) atoms. The third-order valence-corrected chi connectivity index (χ3v) is 5.19. The second-order valence-corrected chi connectivity index (χ2v) is 6.83. The van der Waals surface area contributed by atoms with E-state index < -0.39 is 0 Å². The Balaban J connectivity index is 1.51. The Morgan fingerprint density at radius 2 is 2.24 bits per heavy atom. The molecular weight excluding hydrogens is 316 g/mol. The molecule has 2 atom stereocenters. The van der Waals surface area contributed by atoms with Gasteiger partial charge in [-0.2, -0.15) is 5.10 Å². The van der Waals surface area contributed by atoms with Crippen LogP contribution in [0, 0.1) is 6.92 Å². The van der Waals surface area contributed by atoms with E-state index >= 15 is 0 Å². The van der Waals surface area contributed by atoms with Gasteiger partial charge in [0.05, 0.1) is 17.8 Å². The van der Waals surface area contributed by atoms with Crippen molar-refractivity contribution in [2.75, 3.05) is 18.5 Å². The van der Waals surface area contributed by atoms with Gasteiger partial charge in [-0.15, -0.1) is 0 Å². The van der Waals surface area contributed by atoms with Crippen LogP contribution in [0.2, 0.25) is 0 Å². The second kappa shape index (κ2) is 6.88. The molecule has 2 saturated heterocycles. The van der Waals surface area contributed by atoms with Gasteiger partial charge >= 0.3 is 6.03 Å². The Hall–Kier alpha value is -2.34. The molecular formula is C19H24N4O2. The van der Waals surface area contributed by atoms with Gasteiger partial charge in [-0.05, 0) is 56.4 Å². The molecule has 4 rings (SSSR count). The molecule has 6 nitrogen and oxygen atoms in total. The van der Waals surface area contributed by atoms with Crippen LogP contribution >= 0.6 is 0 Å². The number of hydrogen-bond donors (Lipinski definition) is 1. The number of aromatic nitrogens is 2. The topological polar surface area (TPSA) is 59.4 Å². The Morgan fingerprint density at radius 1 is 1.32 bits per heavy atom. The molecule has 1 N–H and O–H groups in total. The molecule has 0 saturated carbocycles. The van der Waals surface area contributed by atoms with E-state index in [-0.39, 0.29) is 18.2 Å². The molecule has 2 aliphatic rings. The van der Waals surface area contributed by atoms with Gasteiger partial charge in [0.1, 0.15) is 0 Å². The summed E-state index contributed by atoms with van der Waals surface area (Å²) in [7, 11) is 0. The molecule has 2 aliphatic heterocycles. The lowest BCUT2D eigenvalue weighted by Gasteiger charge is -2.29. The molecule has 1 aromatic carbocycles. The number of hydrogen-bond acceptors (Lipinski definition) is 3. The zero-order valence-electron chi connectivity index (χ0n) is 14.5. The molecule has 0 aliphatic carbocycles. The number of likely N-dealkylation sites (tertiary alicyclic amines) is 1. The fraction of sp³-hybridized carbons (Fsp3) is 0.474. The molecule has 0 unspecified atom stereocenters. The van der Waals surface area contributed by atoms with Crippen molar-refractivity contribution >= 4 is 11.7 Å². The maximum absolute atomic E-state index is 12.9. The van der Waals surface area contributed by atoms with Gasteiger partial charge < -0.3 is 15.0 Å². The molecule has 0 radical (unpaired) electrons. The van der Waals surface area contributed by atoms with Crippen LogP contribution in [0.15, 0.2) is 36.7 Å². The van der Waals surface area contributed by atoms with Crippen LogP contribution in [0.5, 0.6) is 0 Å². The van der Waals surface area contributed by atoms with E-state index in [0.29, 0.717) is 0 Å². The van der Waals surface area contributed by atoms with E-state index in [9.17, 15) is 4.79 Å². The minimum Gasteiger partial charge on any atom is -0.376 e. The SMILES string of the molecule is Cc1ccc(-n2cccn2)cc1NC(=O)N1CCC[C@@H]1[C@@H]1CCCO1. The number of benzene rings is 1. The zero-order valence-corrected chi connectivity index (χ0v) is 14.5. The molecule has 2 amide bonds. The van der Waals surface area contributed by atoms with Crippen molar-refractivity contribution < 1.29 is 9.53 Å². The fourth-order valence-corrected chi connectivity index (χ4v) is 3.83. The number of anilines is 1. The Labute approximate surface area is 147 Å². The number of urea groups is 1. The van der Waals surface area contributed by atoms with Crippen LogP contribution in [0.1, 0.15) is 31.2 Å². The lowest BCUT2D eigenvalue weighted by atomic mass is 10.1. The van der Waals surface area contributed by atoms with E-state index in [2.05, 4.69) is 10.4 Å². The van der Waals surface area contributed by atoms with Crippen molar-refractivity contribution in [1.29, 1.82) is 0 Å². The maximum Gasteiger partial charge on any atom is 0.322 e. The molecule has 2 aromatic rings. The van der Waals surface area contributed by atoms with Gasteiger partial charge in [-0.3, -0.25) is 0 Å². The first-order valence-electron chi connectivity index (χ1n) is 9.02. The van der Waals surface area contributed by atoms with E-state index in [1.165, 1.54) is 0 Å². The fourth-order valence-electron chi connectivity index (χ4n) is 3.83. The minimum absolute atomic E-state index is 0.0290. The highest BCUT2D eigenvalue weighted by Gasteiger charge is 2.36. The maximum atomic E-state index is 12.9. The highest BCUT2D eigenvalue weighted by Crippen LogP contribution is 2.29. The quantitative estimate of drug-likeness (QED) is 0.932. The summed E-state index contributed by atoms with van der Waals surface area (Å²) < 4.78 is 7.62. The predicted molar refractivity (Wildman–Crippen MR) is 96.0 cm³/mol. The summed E-state index contributed by atoms with van der Waals surface area (Å²) >= 11 is 0. The van der Waals surface area contributed by atoms with Crippen LogP contribution in [0.25, 0.3) is 5.69 Å². The molecule has 6 heteroatoms. The number of nitrogens with zero attached hydrogens (tertiary/aromatic N) is 3. The van der Waals surface area contributed by atoms with Crippen molar-refractivity contribution in [1.82, 2.24) is 14.7 Å². The summed E-state index contributed by atoms with van der Waals surface area (Å²) in [4.78, 5) is 14.8. The molecule has 0 spiro atoms. The first-order chi connectivity index (χ1) is 12.2. The Morgan fingerprint density at radius 3 is 3.00 bits per heavy atom. The number of aryl methyl sites for hydroxylation is 1. The van der Waals surface area contributed by atoms with Gasteiger partial charge in [0.25, 0.3) is 0 Å². The van der Waals surface area contributed by atoms with Gasteiger partial charge in [-0.1, -0.05) is 6.07 Å². The van der Waals surface area contributed by atoms with E-state index in [4.69, 9.17) is 4.74 Å². The monoisotopic (exact) mass is 340 g/mol. The summed E-state index contributed by atoms with van der Waals surface area (Å²) in [6.07, 6.45) is 8.07. The van der Waals surface area contributed by atoms with Crippen molar-refractivity contribution in [3.05, 3.63) is 42.2 Å². The van der Waals surface area contributed by atoms with Crippen LogP contribution in [0.3, 0.4) is 0 Å². The van der Waals surface area contributed by atoms with Crippen molar-refractivity contribution in [3.63, 3.8) is 0 Å². The zero-order chi connectivity index (χ0) is 17.2. The molecule has 2 fully saturated rings. The van der Waals surface area contributed by atoms with E-state index in [0.717, 1.165) is 55.8 Å². The van der Waals surface area contributed by atoms with Gasteiger partial charge in [0.15, 0.2) is 0 Å². The van der Waals surface area contributed by atoms with Crippen LogP contribution in [-0.4, -0.2) is 46.0 Å². The largest absolute Gasteiger partial charge is 0.376 e. The number of rotatable bonds is 3. The van der Waals surface area contributed by atoms with Crippen molar-refractivity contribution in [2.45, 2.75) is 44.8 Å². The highest BCUT2D eigenvalue weighted by atomic mass is 16.5. The second-order valence-electron chi connectivity index (χ2n) is 6.83. The van der Waals surface area contributed by atoms with E-state index in [1.807, 2.05) is 42.3 Å². The molecule has 132 valence electrons. The summed E-state index contributed by atoms with van der Waals surface area (Å²) in [6.45, 7) is 3.62. The molecule has 0 bridgehead atoms. The van der Waals surface area contributed by atoms with Crippen LogP contribution in [-0.2, 0) is 4.74 Å². The Bertz CT molecular complexity index is 738. The lowest BCUT2D eigenvalue weighted by molar-refractivity contribution is 0.0543. The standard InChI is InChI=1S/C19H24N4O2/c1-14-7-8-15(23-11-4-9-20-23)13-16(14)21-19(24)22-10-2-5-17(22)18-6-3-12-25-18/h4,7-9,11,13,17-18H,2-3,5-6,10,12H2,1H3,(H,21,24)/t17-,18+/m1/s1. The van der Waals surface area contributed by atoms with Crippen molar-refractivity contribution in [3.8, 4) is 5.69 Å². The van der Waals surface area contributed by atoms with Gasteiger partial charge in [0.2, 0.25) is 0 Å². The number of ether oxygens (including phenoxy) is 1. The minimum atomic E-state index is -0.0290. The number of carbonyl (C=O) groups is 1. The lowest BCUT2D eigenvalue weighted by Crippen LogP contribution is -2.44. The number of amides is 2. The first-order valence-corrected chi connectivity index (χ1v) is 9.02.